The van der Waals surface area contributed by atoms with Crippen molar-refractivity contribution in [3.8, 4) is 0 Å². The highest BCUT2D eigenvalue weighted by atomic mass is 16.1. The van der Waals surface area contributed by atoms with Gasteiger partial charge in [-0.25, -0.2) is 0 Å². The van der Waals surface area contributed by atoms with Crippen molar-refractivity contribution >= 4 is 5.91 Å². The number of hydrogen-bond donors (Lipinski definition) is 2. The average molecular weight is 288 g/mol. The lowest BCUT2D eigenvalue weighted by molar-refractivity contribution is 0.0963. The third-order valence-corrected chi connectivity index (χ3v) is 4.67. The van der Waals surface area contributed by atoms with E-state index < -0.39 is 0 Å². The molecule has 0 saturated heterocycles. The van der Waals surface area contributed by atoms with Gasteiger partial charge in [0.1, 0.15) is 0 Å². The van der Waals surface area contributed by atoms with Crippen LogP contribution in [0.3, 0.4) is 0 Å². The molecule has 1 saturated carbocycles. The fraction of sp³-hybridized carbons (Fsp3) is 0.611. The van der Waals surface area contributed by atoms with Crippen molar-refractivity contribution in [1.82, 2.24) is 10.6 Å². The first-order valence-electron chi connectivity index (χ1n) is 8.29. The van der Waals surface area contributed by atoms with Crippen LogP contribution in [0.5, 0.6) is 0 Å². The molecule has 1 atom stereocenters. The highest BCUT2D eigenvalue weighted by molar-refractivity contribution is 5.93. The van der Waals surface area contributed by atoms with Crippen LogP contribution in [0.1, 0.15) is 61.4 Å². The summed E-state index contributed by atoms with van der Waals surface area (Å²) in [7, 11) is 1.66. The van der Waals surface area contributed by atoms with E-state index in [1.165, 1.54) is 44.1 Å². The van der Waals surface area contributed by atoms with E-state index in [-0.39, 0.29) is 5.91 Å². The lowest BCUT2D eigenvalue weighted by atomic mass is 9.83. The van der Waals surface area contributed by atoms with Crippen LogP contribution in [0, 0.1) is 5.92 Å². The van der Waals surface area contributed by atoms with Crippen LogP contribution in [-0.2, 0) is 6.54 Å². The fourth-order valence-corrected chi connectivity index (χ4v) is 3.35. The molecule has 1 fully saturated rings. The normalized spacial score (nSPS) is 17.4. The molecule has 3 nitrogen and oxygen atoms in total. The summed E-state index contributed by atoms with van der Waals surface area (Å²) in [5.74, 6) is 0.817. The topological polar surface area (TPSA) is 41.1 Å². The first-order chi connectivity index (χ1) is 10.2. The number of carbonyl (C=O) groups is 1. The fourth-order valence-electron chi connectivity index (χ4n) is 3.35. The quantitative estimate of drug-likeness (QED) is 0.841. The first-order valence-corrected chi connectivity index (χ1v) is 8.29. The second-order valence-corrected chi connectivity index (χ2v) is 6.07. The molecule has 1 aliphatic carbocycles. The van der Waals surface area contributed by atoms with Gasteiger partial charge in [0.2, 0.25) is 0 Å². The molecule has 0 aliphatic heterocycles. The van der Waals surface area contributed by atoms with Crippen molar-refractivity contribution < 1.29 is 4.79 Å². The maximum atomic E-state index is 11.5. The monoisotopic (exact) mass is 288 g/mol. The van der Waals surface area contributed by atoms with Crippen LogP contribution in [0.2, 0.25) is 0 Å². The Bertz CT molecular complexity index is 435. The molecule has 3 heteroatoms. The molecule has 1 aliphatic rings. The molecule has 0 heterocycles. The molecule has 0 aromatic heterocycles. The predicted octanol–water partition coefficient (Wildman–Crippen LogP) is 3.49. The smallest absolute Gasteiger partial charge is 0.251 e. The van der Waals surface area contributed by atoms with Crippen LogP contribution >= 0.6 is 0 Å². The number of benzene rings is 1. The maximum Gasteiger partial charge on any atom is 0.251 e. The van der Waals surface area contributed by atoms with E-state index in [9.17, 15) is 4.79 Å². The van der Waals surface area contributed by atoms with Crippen molar-refractivity contribution in [2.24, 2.45) is 5.92 Å². The summed E-state index contributed by atoms with van der Waals surface area (Å²) in [5.41, 5.74) is 1.97. The van der Waals surface area contributed by atoms with E-state index in [0.29, 0.717) is 6.04 Å². The summed E-state index contributed by atoms with van der Waals surface area (Å²) in [5, 5.41) is 6.37. The molecule has 0 bridgehead atoms. The second kappa shape index (κ2) is 8.18. The third-order valence-electron chi connectivity index (χ3n) is 4.67. The summed E-state index contributed by atoms with van der Waals surface area (Å²) < 4.78 is 0. The van der Waals surface area contributed by atoms with Crippen molar-refractivity contribution in [1.29, 1.82) is 0 Å². The predicted molar refractivity (Wildman–Crippen MR) is 87.3 cm³/mol. The lowest BCUT2D eigenvalue weighted by Gasteiger charge is -2.30. The van der Waals surface area contributed by atoms with Crippen LogP contribution in [0.25, 0.3) is 0 Å². The van der Waals surface area contributed by atoms with E-state index in [4.69, 9.17) is 0 Å². The Hall–Kier alpha value is -1.35. The zero-order chi connectivity index (χ0) is 15.1. The highest BCUT2D eigenvalue weighted by Crippen LogP contribution is 2.27. The van der Waals surface area contributed by atoms with Gasteiger partial charge in [-0.05, 0) is 42.9 Å². The Morgan fingerprint density at radius 1 is 1.19 bits per heavy atom. The molecule has 0 spiro atoms. The van der Waals surface area contributed by atoms with Gasteiger partial charge in [0.25, 0.3) is 5.91 Å². The van der Waals surface area contributed by atoms with E-state index in [0.717, 1.165) is 18.0 Å². The minimum Gasteiger partial charge on any atom is -0.355 e. The molecule has 0 radical (unpaired) electrons. The summed E-state index contributed by atoms with van der Waals surface area (Å²) in [6.07, 6.45) is 8.14. The van der Waals surface area contributed by atoms with E-state index in [2.05, 4.69) is 17.6 Å². The van der Waals surface area contributed by atoms with E-state index in [1.54, 1.807) is 7.05 Å². The second-order valence-electron chi connectivity index (χ2n) is 6.07. The standard InChI is InChI=1S/C18H28N2O/c1-3-17(15-7-5-4-6-8-15)20-13-14-9-11-16(12-10-14)18(21)19-2/h9-12,15,17,20H,3-8,13H2,1-2H3,(H,19,21). The van der Waals surface area contributed by atoms with Crippen molar-refractivity contribution in [2.75, 3.05) is 7.05 Å². The number of hydrogen-bond acceptors (Lipinski definition) is 2. The molecule has 1 aromatic rings. The van der Waals surface area contributed by atoms with E-state index in [1.807, 2.05) is 24.3 Å². The molecule has 116 valence electrons. The molecule has 1 aromatic carbocycles. The Labute approximate surface area is 128 Å². The summed E-state index contributed by atoms with van der Waals surface area (Å²) in [4.78, 5) is 11.5. The van der Waals surface area contributed by atoms with Crippen LogP contribution in [-0.4, -0.2) is 19.0 Å². The first kappa shape index (κ1) is 16.0. The van der Waals surface area contributed by atoms with Gasteiger partial charge >= 0.3 is 0 Å². The van der Waals surface area contributed by atoms with Gasteiger partial charge in [0.05, 0.1) is 0 Å². The molecule has 2 N–H and O–H groups in total. The van der Waals surface area contributed by atoms with Gasteiger partial charge in [0, 0.05) is 25.2 Å². The highest BCUT2D eigenvalue weighted by Gasteiger charge is 2.21. The number of carbonyl (C=O) groups excluding carboxylic acids is 1. The number of nitrogens with one attached hydrogen (secondary N) is 2. The molecule has 1 unspecified atom stereocenters. The zero-order valence-corrected chi connectivity index (χ0v) is 13.3. The van der Waals surface area contributed by atoms with Crippen LogP contribution in [0.4, 0.5) is 0 Å². The molecule has 2 rings (SSSR count). The van der Waals surface area contributed by atoms with Crippen LogP contribution in [0.15, 0.2) is 24.3 Å². The summed E-state index contributed by atoms with van der Waals surface area (Å²) in [6.45, 7) is 3.17. The largest absolute Gasteiger partial charge is 0.355 e. The maximum absolute atomic E-state index is 11.5. The summed E-state index contributed by atoms with van der Waals surface area (Å²) in [6, 6.07) is 8.52. The molecule has 21 heavy (non-hydrogen) atoms. The van der Waals surface area contributed by atoms with E-state index >= 15 is 0 Å². The molecular weight excluding hydrogens is 260 g/mol. The average Bonchev–Trinajstić information content (AvgIpc) is 2.56. The van der Waals surface area contributed by atoms with Gasteiger partial charge in [0.15, 0.2) is 0 Å². The van der Waals surface area contributed by atoms with Gasteiger partial charge in [-0.3, -0.25) is 4.79 Å². The Morgan fingerprint density at radius 2 is 1.86 bits per heavy atom. The Morgan fingerprint density at radius 3 is 2.43 bits per heavy atom. The zero-order valence-electron chi connectivity index (χ0n) is 13.3. The minimum absolute atomic E-state index is 0.0249. The van der Waals surface area contributed by atoms with Crippen LogP contribution < -0.4 is 10.6 Å². The van der Waals surface area contributed by atoms with Gasteiger partial charge < -0.3 is 10.6 Å². The molecular formula is C18H28N2O. The SMILES string of the molecule is CCC(NCc1ccc(C(=O)NC)cc1)C1CCCCC1. The number of rotatable bonds is 6. The minimum atomic E-state index is -0.0249. The lowest BCUT2D eigenvalue weighted by Crippen LogP contribution is -2.36. The van der Waals surface area contributed by atoms with Crippen molar-refractivity contribution in [2.45, 2.75) is 58.0 Å². The van der Waals surface area contributed by atoms with Gasteiger partial charge in [-0.1, -0.05) is 38.3 Å². The third kappa shape index (κ3) is 4.57. The Balaban J connectivity index is 1.87. The Kier molecular flexibility index (Phi) is 6.24. The summed E-state index contributed by atoms with van der Waals surface area (Å²) >= 11 is 0. The van der Waals surface area contributed by atoms with Crippen molar-refractivity contribution in [3.63, 3.8) is 0 Å². The van der Waals surface area contributed by atoms with Crippen molar-refractivity contribution in [3.05, 3.63) is 35.4 Å². The number of amides is 1. The van der Waals surface area contributed by atoms with Gasteiger partial charge in [-0.2, -0.15) is 0 Å². The molecule has 1 amide bonds. The van der Waals surface area contributed by atoms with Gasteiger partial charge in [-0.15, -0.1) is 0 Å².